The quantitative estimate of drug-likeness (QED) is 0.570. The molecule has 1 N–H and O–H groups in total. The van der Waals surface area contributed by atoms with Crippen LogP contribution in [0.5, 0.6) is 5.75 Å². The highest BCUT2D eigenvalue weighted by atomic mass is 16.5. The molecule has 3 aromatic rings. The van der Waals surface area contributed by atoms with E-state index in [-0.39, 0.29) is 36.4 Å². The first-order chi connectivity index (χ1) is 16.1. The minimum Gasteiger partial charge on any atom is -0.492 e. The standard InChI is InChI=1S/C25H28N4O4/c1-19(20-7-9-21(10-8-20)28-13-16-32-17-14-28)26-25(31)23-11-12-24(30)29(27-23)15-18-33-22-5-3-2-4-6-22/h2-12,19H,13-18H2,1H3,(H,26,31). The molecule has 33 heavy (non-hydrogen) atoms. The SMILES string of the molecule is CC(NC(=O)c1ccc(=O)n(CCOc2ccccc2)n1)c1ccc(N2CCOCC2)cc1. The van der Waals surface area contributed by atoms with Gasteiger partial charge >= 0.3 is 0 Å². The summed E-state index contributed by atoms with van der Waals surface area (Å²) in [7, 11) is 0. The molecular weight excluding hydrogens is 420 g/mol. The molecule has 4 rings (SSSR count). The van der Waals surface area contributed by atoms with E-state index in [4.69, 9.17) is 9.47 Å². The molecule has 1 fully saturated rings. The Hall–Kier alpha value is -3.65. The summed E-state index contributed by atoms with van der Waals surface area (Å²) in [5, 5.41) is 7.18. The summed E-state index contributed by atoms with van der Waals surface area (Å²) >= 11 is 0. The van der Waals surface area contributed by atoms with Crippen molar-refractivity contribution in [1.29, 1.82) is 0 Å². The molecule has 8 nitrogen and oxygen atoms in total. The van der Waals surface area contributed by atoms with Crippen LogP contribution in [0.1, 0.15) is 29.0 Å². The molecule has 0 saturated carbocycles. The zero-order chi connectivity index (χ0) is 23.0. The molecule has 2 aromatic carbocycles. The van der Waals surface area contributed by atoms with Gasteiger partial charge in [0, 0.05) is 24.8 Å². The number of nitrogens with zero attached hydrogens (tertiary/aromatic N) is 3. The van der Waals surface area contributed by atoms with Crippen molar-refractivity contribution < 1.29 is 14.3 Å². The third-order valence-electron chi connectivity index (χ3n) is 5.53. The van der Waals surface area contributed by atoms with Crippen LogP contribution in [0, 0.1) is 0 Å². The molecule has 2 heterocycles. The molecule has 1 unspecified atom stereocenters. The number of para-hydroxylation sites is 1. The Morgan fingerprint density at radius 1 is 1.06 bits per heavy atom. The van der Waals surface area contributed by atoms with Crippen molar-refractivity contribution in [3.8, 4) is 5.75 Å². The lowest BCUT2D eigenvalue weighted by Gasteiger charge is -2.29. The molecular formula is C25H28N4O4. The van der Waals surface area contributed by atoms with E-state index in [9.17, 15) is 9.59 Å². The summed E-state index contributed by atoms with van der Waals surface area (Å²) in [6.45, 7) is 5.67. The normalized spacial score (nSPS) is 14.5. The zero-order valence-electron chi connectivity index (χ0n) is 18.6. The monoisotopic (exact) mass is 448 g/mol. The number of aromatic nitrogens is 2. The van der Waals surface area contributed by atoms with Gasteiger partial charge in [0.1, 0.15) is 18.1 Å². The van der Waals surface area contributed by atoms with Crippen molar-refractivity contribution in [1.82, 2.24) is 15.1 Å². The van der Waals surface area contributed by atoms with Gasteiger partial charge in [-0.15, -0.1) is 0 Å². The number of ether oxygens (including phenoxy) is 2. The van der Waals surface area contributed by atoms with Gasteiger partial charge in [0.2, 0.25) is 0 Å². The van der Waals surface area contributed by atoms with Crippen molar-refractivity contribution in [3.63, 3.8) is 0 Å². The Labute approximate surface area is 192 Å². The molecule has 1 saturated heterocycles. The molecule has 1 aliphatic heterocycles. The van der Waals surface area contributed by atoms with Crippen molar-refractivity contribution in [2.45, 2.75) is 19.5 Å². The van der Waals surface area contributed by atoms with E-state index in [0.717, 1.165) is 37.6 Å². The van der Waals surface area contributed by atoms with E-state index in [1.165, 1.54) is 16.8 Å². The number of carbonyl (C=O) groups excluding carboxylic acids is 1. The van der Waals surface area contributed by atoms with Crippen molar-refractivity contribution in [2.24, 2.45) is 0 Å². The molecule has 0 radical (unpaired) electrons. The fourth-order valence-corrected chi connectivity index (χ4v) is 3.65. The van der Waals surface area contributed by atoms with E-state index in [2.05, 4.69) is 27.4 Å². The summed E-state index contributed by atoms with van der Waals surface area (Å²) in [5.41, 5.74) is 2.04. The number of hydrogen-bond acceptors (Lipinski definition) is 6. The minimum absolute atomic E-state index is 0.186. The van der Waals surface area contributed by atoms with Crippen molar-refractivity contribution in [2.75, 3.05) is 37.8 Å². The Morgan fingerprint density at radius 2 is 1.79 bits per heavy atom. The fourth-order valence-electron chi connectivity index (χ4n) is 3.65. The largest absolute Gasteiger partial charge is 0.492 e. The molecule has 0 aliphatic carbocycles. The lowest BCUT2D eigenvalue weighted by molar-refractivity contribution is 0.0931. The number of carbonyl (C=O) groups is 1. The Balaban J connectivity index is 1.35. The molecule has 1 aromatic heterocycles. The maximum atomic E-state index is 12.8. The molecule has 0 bridgehead atoms. The Kier molecular flexibility index (Phi) is 7.36. The van der Waals surface area contributed by atoms with Crippen LogP contribution >= 0.6 is 0 Å². The summed E-state index contributed by atoms with van der Waals surface area (Å²) in [6.07, 6.45) is 0. The predicted octanol–water partition coefficient (Wildman–Crippen LogP) is 2.65. The van der Waals surface area contributed by atoms with Crippen LogP contribution in [-0.2, 0) is 11.3 Å². The van der Waals surface area contributed by atoms with Gasteiger partial charge in [-0.1, -0.05) is 30.3 Å². The maximum absolute atomic E-state index is 12.8. The number of amides is 1. The predicted molar refractivity (Wildman–Crippen MR) is 126 cm³/mol. The highest BCUT2D eigenvalue weighted by Crippen LogP contribution is 2.20. The molecule has 8 heteroatoms. The minimum atomic E-state index is -0.336. The first-order valence-electron chi connectivity index (χ1n) is 11.1. The number of anilines is 1. The molecule has 172 valence electrons. The summed E-state index contributed by atoms with van der Waals surface area (Å²) in [5.74, 6) is 0.380. The van der Waals surface area contributed by atoms with Crippen LogP contribution < -0.4 is 20.5 Å². The fraction of sp³-hybridized carbons (Fsp3) is 0.320. The van der Waals surface area contributed by atoms with Crippen LogP contribution in [0.25, 0.3) is 0 Å². The summed E-state index contributed by atoms with van der Waals surface area (Å²) < 4.78 is 12.3. The number of morpholine rings is 1. The molecule has 1 aliphatic rings. The van der Waals surface area contributed by atoms with Gasteiger partial charge in [-0.3, -0.25) is 9.59 Å². The Morgan fingerprint density at radius 3 is 2.52 bits per heavy atom. The second-order valence-corrected chi connectivity index (χ2v) is 7.83. The first-order valence-corrected chi connectivity index (χ1v) is 11.1. The van der Waals surface area contributed by atoms with Crippen LogP contribution in [0.3, 0.4) is 0 Å². The van der Waals surface area contributed by atoms with E-state index < -0.39 is 0 Å². The summed E-state index contributed by atoms with van der Waals surface area (Å²) in [4.78, 5) is 27.2. The third-order valence-corrected chi connectivity index (χ3v) is 5.53. The number of nitrogens with one attached hydrogen (secondary N) is 1. The molecule has 1 amide bonds. The zero-order valence-corrected chi connectivity index (χ0v) is 18.6. The average Bonchev–Trinajstić information content (AvgIpc) is 2.86. The van der Waals surface area contributed by atoms with E-state index in [1.54, 1.807) is 0 Å². The number of rotatable bonds is 8. The van der Waals surface area contributed by atoms with Gasteiger partial charge < -0.3 is 19.7 Å². The smallest absolute Gasteiger partial charge is 0.272 e. The van der Waals surface area contributed by atoms with Gasteiger partial charge in [0.25, 0.3) is 11.5 Å². The van der Waals surface area contributed by atoms with Gasteiger partial charge in [-0.05, 0) is 42.8 Å². The van der Waals surface area contributed by atoms with Gasteiger partial charge in [-0.25, -0.2) is 4.68 Å². The van der Waals surface area contributed by atoms with E-state index in [1.807, 2.05) is 49.4 Å². The highest BCUT2D eigenvalue weighted by Gasteiger charge is 2.16. The topological polar surface area (TPSA) is 85.7 Å². The second kappa shape index (κ2) is 10.8. The van der Waals surface area contributed by atoms with E-state index >= 15 is 0 Å². The highest BCUT2D eigenvalue weighted by molar-refractivity contribution is 5.92. The van der Waals surface area contributed by atoms with Crippen LogP contribution in [0.2, 0.25) is 0 Å². The van der Waals surface area contributed by atoms with Crippen molar-refractivity contribution >= 4 is 11.6 Å². The van der Waals surface area contributed by atoms with E-state index in [0.29, 0.717) is 5.75 Å². The van der Waals surface area contributed by atoms with Crippen LogP contribution in [-0.4, -0.2) is 48.6 Å². The summed E-state index contributed by atoms with van der Waals surface area (Å²) in [6, 6.07) is 20.1. The Bertz CT molecular complexity index is 1110. The van der Waals surface area contributed by atoms with Gasteiger partial charge in [-0.2, -0.15) is 5.10 Å². The molecule has 1 atom stereocenters. The number of hydrogen-bond donors (Lipinski definition) is 1. The van der Waals surface area contributed by atoms with Gasteiger partial charge in [0.05, 0.1) is 25.8 Å². The first kappa shape index (κ1) is 22.5. The van der Waals surface area contributed by atoms with Crippen LogP contribution in [0.15, 0.2) is 71.5 Å². The average molecular weight is 449 g/mol. The molecule has 0 spiro atoms. The van der Waals surface area contributed by atoms with Gasteiger partial charge in [0.15, 0.2) is 0 Å². The third kappa shape index (κ3) is 5.98. The lowest BCUT2D eigenvalue weighted by Crippen LogP contribution is -2.36. The van der Waals surface area contributed by atoms with Crippen LogP contribution in [0.4, 0.5) is 5.69 Å². The van der Waals surface area contributed by atoms with Crippen molar-refractivity contribution in [3.05, 3.63) is 88.3 Å². The second-order valence-electron chi connectivity index (χ2n) is 7.83. The lowest BCUT2D eigenvalue weighted by atomic mass is 10.1. The number of benzene rings is 2. The maximum Gasteiger partial charge on any atom is 0.272 e.